The van der Waals surface area contributed by atoms with Gasteiger partial charge in [0, 0.05) is 12.6 Å². The van der Waals surface area contributed by atoms with E-state index in [1.807, 2.05) is 0 Å². The van der Waals surface area contributed by atoms with E-state index in [4.69, 9.17) is 0 Å². The van der Waals surface area contributed by atoms with Crippen LogP contribution in [0, 0.1) is 5.41 Å². The van der Waals surface area contributed by atoms with E-state index in [9.17, 15) is 5.11 Å². The standard InChI is InChI=1S/C15H29NO/c1-2-15(10-6-7-11-15)12-16-13-8-4-3-5-9-14(13)17/h13-14,16-17H,2-12H2,1H3. The van der Waals surface area contributed by atoms with E-state index in [1.165, 1.54) is 57.8 Å². The first-order valence-electron chi connectivity index (χ1n) is 7.67. The molecule has 0 bridgehead atoms. The van der Waals surface area contributed by atoms with E-state index < -0.39 is 0 Å². The van der Waals surface area contributed by atoms with Gasteiger partial charge in [0.2, 0.25) is 0 Å². The molecule has 0 aliphatic heterocycles. The van der Waals surface area contributed by atoms with Crippen molar-refractivity contribution < 1.29 is 5.11 Å². The highest BCUT2D eigenvalue weighted by Gasteiger charge is 2.33. The van der Waals surface area contributed by atoms with Gasteiger partial charge in [-0.2, -0.15) is 0 Å². The predicted molar refractivity (Wildman–Crippen MR) is 72.1 cm³/mol. The minimum Gasteiger partial charge on any atom is -0.392 e. The number of hydrogen-bond donors (Lipinski definition) is 2. The van der Waals surface area contributed by atoms with Gasteiger partial charge >= 0.3 is 0 Å². The normalized spacial score (nSPS) is 33.5. The van der Waals surface area contributed by atoms with Crippen molar-refractivity contribution in [2.75, 3.05) is 6.54 Å². The van der Waals surface area contributed by atoms with Gasteiger partial charge in [-0.1, -0.05) is 39.0 Å². The summed E-state index contributed by atoms with van der Waals surface area (Å²) in [6.45, 7) is 3.46. The summed E-state index contributed by atoms with van der Waals surface area (Å²) in [5.41, 5.74) is 0.548. The Labute approximate surface area is 106 Å². The van der Waals surface area contributed by atoms with Crippen LogP contribution in [0.4, 0.5) is 0 Å². The molecule has 2 nitrogen and oxygen atoms in total. The van der Waals surface area contributed by atoms with Gasteiger partial charge in [-0.25, -0.2) is 0 Å². The lowest BCUT2D eigenvalue weighted by Gasteiger charge is -2.32. The average molecular weight is 239 g/mol. The maximum Gasteiger partial charge on any atom is 0.0693 e. The monoisotopic (exact) mass is 239 g/mol. The van der Waals surface area contributed by atoms with Crippen LogP contribution in [0.1, 0.15) is 71.1 Å². The maximum atomic E-state index is 10.1. The van der Waals surface area contributed by atoms with Crippen LogP contribution >= 0.6 is 0 Å². The van der Waals surface area contributed by atoms with Gasteiger partial charge in [0.25, 0.3) is 0 Å². The van der Waals surface area contributed by atoms with Crippen molar-refractivity contribution in [2.45, 2.75) is 83.3 Å². The smallest absolute Gasteiger partial charge is 0.0693 e. The Morgan fingerprint density at radius 1 is 1.06 bits per heavy atom. The molecule has 2 aliphatic rings. The number of aliphatic hydroxyl groups excluding tert-OH is 1. The van der Waals surface area contributed by atoms with E-state index in [2.05, 4.69) is 12.2 Å². The Kier molecular flexibility index (Phi) is 4.87. The lowest BCUT2D eigenvalue weighted by molar-refractivity contribution is 0.110. The fourth-order valence-electron chi connectivity index (χ4n) is 3.65. The third-order valence-electron chi connectivity index (χ3n) is 5.13. The third-order valence-corrected chi connectivity index (χ3v) is 5.13. The lowest BCUT2D eigenvalue weighted by Crippen LogP contribution is -2.44. The van der Waals surface area contributed by atoms with Crippen LogP contribution in [0.3, 0.4) is 0 Å². The molecule has 0 aromatic heterocycles. The molecule has 2 atom stereocenters. The first-order valence-corrected chi connectivity index (χ1v) is 7.67. The highest BCUT2D eigenvalue weighted by atomic mass is 16.3. The topological polar surface area (TPSA) is 32.3 Å². The minimum absolute atomic E-state index is 0.104. The van der Waals surface area contributed by atoms with Crippen LogP contribution in [0.2, 0.25) is 0 Å². The summed E-state index contributed by atoms with van der Waals surface area (Å²) in [6, 6.07) is 0.363. The fraction of sp³-hybridized carbons (Fsp3) is 1.00. The van der Waals surface area contributed by atoms with Gasteiger partial charge in [0.15, 0.2) is 0 Å². The maximum absolute atomic E-state index is 10.1. The van der Waals surface area contributed by atoms with Crippen molar-refractivity contribution >= 4 is 0 Å². The molecular formula is C15H29NO. The van der Waals surface area contributed by atoms with Gasteiger partial charge < -0.3 is 10.4 Å². The van der Waals surface area contributed by atoms with E-state index in [0.717, 1.165) is 13.0 Å². The van der Waals surface area contributed by atoms with E-state index in [-0.39, 0.29) is 6.10 Å². The zero-order valence-electron chi connectivity index (χ0n) is 11.4. The second-order valence-corrected chi connectivity index (χ2v) is 6.25. The average Bonchev–Trinajstić information content (AvgIpc) is 2.72. The summed E-state index contributed by atoms with van der Waals surface area (Å²) < 4.78 is 0. The largest absolute Gasteiger partial charge is 0.392 e. The van der Waals surface area contributed by atoms with Crippen molar-refractivity contribution in [3.63, 3.8) is 0 Å². The summed E-state index contributed by atoms with van der Waals surface area (Å²) in [5, 5.41) is 13.8. The first kappa shape index (κ1) is 13.4. The van der Waals surface area contributed by atoms with E-state index >= 15 is 0 Å². The van der Waals surface area contributed by atoms with Crippen LogP contribution in [-0.4, -0.2) is 23.8 Å². The Morgan fingerprint density at radius 3 is 2.47 bits per heavy atom. The third kappa shape index (κ3) is 3.45. The Hall–Kier alpha value is -0.0800. The molecule has 100 valence electrons. The molecule has 0 amide bonds. The van der Waals surface area contributed by atoms with Crippen LogP contribution in [0.25, 0.3) is 0 Å². The molecule has 2 fully saturated rings. The summed E-state index contributed by atoms with van der Waals surface area (Å²) in [5.74, 6) is 0. The molecule has 2 aliphatic carbocycles. The second kappa shape index (κ2) is 6.19. The number of aliphatic hydroxyl groups is 1. The molecule has 0 radical (unpaired) electrons. The second-order valence-electron chi connectivity index (χ2n) is 6.25. The van der Waals surface area contributed by atoms with Crippen LogP contribution < -0.4 is 5.32 Å². The van der Waals surface area contributed by atoms with Crippen molar-refractivity contribution in [1.82, 2.24) is 5.32 Å². The van der Waals surface area contributed by atoms with Gasteiger partial charge in [0.1, 0.15) is 0 Å². The molecule has 0 spiro atoms. The van der Waals surface area contributed by atoms with Crippen LogP contribution in [-0.2, 0) is 0 Å². The molecule has 0 aromatic rings. The van der Waals surface area contributed by atoms with Gasteiger partial charge in [-0.05, 0) is 37.5 Å². The van der Waals surface area contributed by atoms with E-state index in [1.54, 1.807) is 0 Å². The summed E-state index contributed by atoms with van der Waals surface area (Å²) >= 11 is 0. The molecule has 2 rings (SSSR count). The van der Waals surface area contributed by atoms with Crippen molar-refractivity contribution in [2.24, 2.45) is 5.41 Å². The fourth-order valence-corrected chi connectivity index (χ4v) is 3.65. The number of nitrogens with one attached hydrogen (secondary N) is 1. The predicted octanol–water partition coefficient (Wildman–Crippen LogP) is 3.24. The van der Waals surface area contributed by atoms with Crippen molar-refractivity contribution in [3.05, 3.63) is 0 Å². The van der Waals surface area contributed by atoms with Crippen LogP contribution in [0.15, 0.2) is 0 Å². The van der Waals surface area contributed by atoms with Gasteiger partial charge in [-0.3, -0.25) is 0 Å². The molecular weight excluding hydrogens is 210 g/mol. The minimum atomic E-state index is -0.104. The number of hydrogen-bond acceptors (Lipinski definition) is 2. The summed E-state index contributed by atoms with van der Waals surface area (Å²) in [4.78, 5) is 0. The highest BCUT2D eigenvalue weighted by Crippen LogP contribution is 2.40. The van der Waals surface area contributed by atoms with Gasteiger partial charge in [0.05, 0.1) is 6.10 Å². The highest BCUT2D eigenvalue weighted by molar-refractivity contribution is 4.88. The molecule has 2 saturated carbocycles. The van der Waals surface area contributed by atoms with Gasteiger partial charge in [-0.15, -0.1) is 0 Å². The molecule has 0 heterocycles. The zero-order valence-corrected chi connectivity index (χ0v) is 11.4. The molecule has 2 heteroatoms. The summed E-state index contributed by atoms with van der Waals surface area (Å²) in [6.07, 6.45) is 12.7. The number of rotatable bonds is 4. The lowest BCUT2D eigenvalue weighted by atomic mass is 9.83. The molecule has 0 aromatic carbocycles. The molecule has 2 N–H and O–H groups in total. The molecule has 0 saturated heterocycles. The van der Waals surface area contributed by atoms with Crippen molar-refractivity contribution in [1.29, 1.82) is 0 Å². The zero-order chi connectivity index (χ0) is 12.1. The van der Waals surface area contributed by atoms with Crippen molar-refractivity contribution in [3.8, 4) is 0 Å². The Bertz CT molecular complexity index is 223. The first-order chi connectivity index (χ1) is 8.26. The summed E-state index contributed by atoms with van der Waals surface area (Å²) in [7, 11) is 0. The quantitative estimate of drug-likeness (QED) is 0.738. The SMILES string of the molecule is CCC1(CNC2CCCCCC2O)CCCC1. The Balaban J connectivity index is 1.83. The molecule has 2 unspecified atom stereocenters. The van der Waals surface area contributed by atoms with Crippen LogP contribution in [0.5, 0.6) is 0 Å². The Morgan fingerprint density at radius 2 is 1.76 bits per heavy atom. The molecule has 17 heavy (non-hydrogen) atoms. The van der Waals surface area contributed by atoms with E-state index in [0.29, 0.717) is 11.5 Å².